The molecule has 1 saturated heterocycles. The van der Waals surface area contributed by atoms with Crippen LogP contribution in [0.2, 0.25) is 0 Å². The number of halogens is 3. The molecule has 5 rings (SSSR count). The van der Waals surface area contributed by atoms with Crippen molar-refractivity contribution in [3.8, 4) is 0 Å². The fourth-order valence-corrected chi connectivity index (χ4v) is 5.10. The molecule has 1 aliphatic rings. The highest BCUT2D eigenvalue weighted by Gasteiger charge is 2.30. The minimum absolute atomic E-state index is 0.162. The van der Waals surface area contributed by atoms with E-state index in [2.05, 4.69) is 27.3 Å². The lowest BCUT2D eigenvalue weighted by Crippen LogP contribution is -2.32. The summed E-state index contributed by atoms with van der Waals surface area (Å²) in [6.07, 6.45) is -0.668. The Kier molecular flexibility index (Phi) is 6.67. The van der Waals surface area contributed by atoms with Crippen molar-refractivity contribution in [1.29, 1.82) is 0 Å². The monoisotopic (exact) mass is 506 g/mol. The van der Waals surface area contributed by atoms with Gasteiger partial charge in [-0.05, 0) is 79.6 Å². The van der Waals surface area contributed by atoms with E-state index in [-0.39, 0.29) is 11.8 Å². The van der Waals surface area contributed by atoms with Crippen molar-refractivity contribution in [2.75, 3.05) is 18.0 Å². The summed E-state index contributed by atoms with van der Waals surface area (Å²) in [6, 6.07) is 17.6. The Hall–Kier alpha value is -3.81. The number of imidazole rings is 1. The highest BCUT2D eigenvalue weighted by atomic mass is 19.4. The molecule has 4 aromatic rings. The molecule has 3 heterocycles. The number of rotatable bonds is 5. The lowest BCUT2D eigenvalue weighted by molar-refractivity contribution is -0.137. The highest BCUT2D eigenvalue weighted by Crippen LogP contribution is 2.34. The molecule has 0 saturated carbocycles. The number of amides is 1. The van der Waals surface area contributed by atoms with Gasteiger partial charge in [0.1, 0.15) is 11.3 Å². The zero-order valence-electron chi connectivity index (χ0n) is 20.8. The van der Waals surface area contributed by atoms with E-state index in [9.17, 15) is 18.0 Å². The van der Waals surface area contributed by atoms with Gasteiger partial charge in [0, 0.05) is 31.5 Å². The minimum Gasteiger partial charge on any atom is -0.371 e. The fourth-order valence-electron chi connectivity index (χ4n) is 5.10. The van der Waals surface area contributed by atoms with Crippen LogP contribution in [-0.4, -0.2) is 28.4 Å². The summed E-state index contributed by atoms with van der Waals surface area (Å²) in [4.78, 5) is 19.8. The highest BCUT2D eigenvalue weighted by molar-refractivity contribution is 5.94. The van der Waals surface area contributed by atoms with Crippen molar-refractivity contribution < 1.29 is 18.0 Å². The first-order valence-corrected chi connectivity index (χ1v) is 12.4. The number of benzene rings is 2. The second-order valence-electron chi connectivity index (χ2n) is 9.66. The number of aromatic nitrogens is 2. The molecule has 0 spiro atoms. The maximum atomic E-state index is 12.9. The fraction of sp³-hybridized carbons (Fsp3) is 0.310. The van der Waals surface area contributed by atoms with Gasteiger partial charge in [0.15, 0.2) is 0 Å². The number of fused-ring (bicyclic) bond motifs is 1. The average Bonchev–Trinajstić information content (AvgIpc) is 3.24. The van der Waals surface area contributed by atoms with E-state index < -0.39 is 11.7 Å². The first kappa shape index (κ1) is 24.9. The Morgan fingerprint density at radius 3 is 2.32 bits per heavy atom. The molecular formula is C29H29F3N4O. The number of anilines is 1. The molecule has 1 fully saturated rings. The Morgan fingerprint density at radius 2 is 1.68 bits per heavy atom. The zero-order valence-corrected chi connectivity index (χ0v) is 20.8. The van der Waals surface area contributed by atoms with E-state index >= 15 is 0 Å². The molecular weight excluding hydrogens is 477 g/mol. The first-order valence-electron chi connectivity index (χ1n) is 12.4. The Morgan fingerprint density at radius 1 is 1.00 bits per heavy atom. The molecule has 5 nitrogen and oxygen atoms in total. The number of hydrogen-bond donors (Lipinski definition) is 1. The lowest BCUT2D eigenvalue weighted by atomic mass is 9.88. The van der Waals surface area contributed by atoms with Gasteiger partial charge in [-0.3, -0.25) is 9.20 Å². The number of hydrogen-bond acceptors (Lipinski definition) is 3. The third kappa shape index (κ3) is 5.19. The summed E-state index contributed by atoms with van der Waals surface area (Å²) in [5, 5.41) is 3.01. The number of aryl methyl sites for hydroxylation is 2. The molecule has 2 aromatic heterocycles. The average molecular weight is 507 g/mol. The molecule has 1 aliphatic heterocycles. The topological polar surface area (TPSA) is 49.6 Å². The summed E-state index contributed by atoms with van der Waals surface area (Å²) < 4.78 is 40.3. The van der Waals surface area contributed by atoms with Crippen LogP contribution in [0.25, 0.3) is 5.65 Å². The van der Waals surface area contributed by atoms with Crippen LogP contribution in [0, 0.1) is 13.8 Å². The molecule has 1 amide bonds. The van der Waals surface area contributed by atoms with E-state index in [1.807, 2.05) is 48.7 Å². The van der Waals surface area contributed by atoms with Gasteiger partial charge in [-0.2, -0.15) is 13.2 Å². The molecule has 1 N–H and O–H groups in total. The number of piperidine rings is 1. The Labute approximate surface area is 213 Å². The van der Waals surface area contributed by atoms with Crippen molar-refractivity contribution >= 4 is 17.2 Å². The molecule has 0 bridgehead atoms. The van der Waals surface area contributed by atoms with Crippen LogP contribution in [0.1, 0.15) is 57.2 Å². The molecule has 0 radical (unpaired) electrons. The van der Waals surface area contributed by atoms with Crippen LogP contribution >= 0.6 is 0 Å². The summed E-state index contributed by atoms with van der Waals surface area (Å²) >= 11 is 0. The smallest absolute Gasteiger partial charge is 0.371 e. The predicted octanol–water partition coefficient (Wildman–Crippen LogP) is 6.28. The van der Waals surface area contributed by atoms with Gasteiger partial charge in [-0.25, -0.2) is 4.98 Å². The van der Waals surface area contributed by atoms with Crippen molar-refractivity contribution in [1.82, 2.24) is 14.7 Å². The Bertz CT molecular complexity index is 1400. The number of carbonyl (C=O) groups excluding carboxylic acids is 1. The number of alkyl halides is 3. The van der Waals surface area contributed by atoms with Crippen LogP contribution < -0.4 is 10.2 Å². The van der Waals surface area contributed by atoms with E-state index in [1.165, 1.54) is 12.1 Å². The van der Waals surface area contributed by atoms with Gasteiger partial charge in [0.2, 0.25) is 0 Å². The maximum absolute atomic E-state index is 12.9. The quantitative estimate of drug-likeness (QED) is 0.346. The zero-order chi connectivity index (χ0) is 26.2. The van der Waals surface area contributed by atoms with E-state index in [0.717, 1.165) is 54.0 Å². The van der Waals surface area contributed by atoms with Crippen molar-refractivity contribution in [3.05, 3.63) is 101 Å². The second kappa shape index (κ2) is 9.92. The van der Waals surface area contributed by atoms with Crippen LogP contribution in [0.4, 0.5) is 18.9 Å². The summed E-state index contributed by atoms with van der Waals surface area (Å²) in [5.41, 5.74) is 5.52. The van der Waals surface area contributed by atoms with Gasteiger partial charge < -0.3 is 10.2 Å². The molecule has 0 unspecified atom stereocenters. The SMILES string of the molecule is Cc1nc2c(C)cccn2c1C(=O)NCc1ccc(N2CCC(c3ccc(C(F)(F)F)cc3)CC2)cc1. The van der Waals surface area contributed by atoms with E-state index in [0.29, 0.717) is 17.9 Å². The summed E-state index contributed by atoms with van der Waals surface area (Å²) in [5.74, 6) is 0.102. The van der Waals surface area contributed by atoms with E-state index in [4.69, 9.17) is 0 Å². The minimum atomic E-state index is -4.30. The molecule has 8 heteroatoms. The van der Waals surface area contributed by atoms with Crippen molar-refractivity contribution in [3.63, 3.8) is 0 Å². The van der Waals surface area contributed by atoms with Crippen LogP contribution in [0.3, 0.4) is 0 Å². The second-order valence-corrected chi connectivity index (χ2v) is 9.66. The van der Waals surface area contributed by atoms with Gasteiger partial charge in [-0.1, -0.05) is 30.3 Å². The van der Waals surface area contributed by atoms with E-state index in [1.54, 1.807) is 12.1 Å². The maximum Gasteiger partial charge on any atom is 0.416 e. The molecule has 0 atom stereocenters. The summed E-state index contributed by atoms with van der Waals surface area (Å²) in [6.45, 7) is 5.91. The lowest BCUT2D eigenvalue weighted by Gasteiger charge is -2.34. The standard InChI is InChI=1S/C29H29F3N4O/c1-19-4-3-15-36-26(20(2)34-27(19)36)28(37)33-18-21-5-11-25(12-6-21)35-16-13-23(14-17-35)22-7-9-24(10-8-22)29(30,31)32/h3-12,15,23H,13-14,16-18H2,1-2H3,(H,33,37). The van der Waals surface area contributed by atoms with Gasteiger partial charge in [0.25, 0.3) is 5.91 Å². The third-order valence-corrected chi connectivity index (χ3v) is 7.19. The number of carbonyl (C=O) groups is 1. The van der Waals surface area contributed by atoms with Crippen LogP contribution in [-0.2, 0) is 12.7 Å². The van der Waals surface area contributed by atoms with Crippen molar-refractivity contribution in [2.24, 2.45) is 0 Å². The number of pyridine rings is 1. The molecule has 37 heavy (non-hydrogen) atoms. The largest absolute Gasteiger partial charge is 0.416 e. The normalized spacial score (nSPS) is 14.8. The summed E-state index contributed by atoms with van der Waals surface area (Å²) in [7, 11) is 0. The van der Waals surface area contributed by atoms with Crippen LogP contribution in [0.15, 0.2) is 66.9 Å². The van der Waals surface area contributed by atoms with Gasteiger partial charge in [-0.15, -0.1) is 0 Å². The molecule has 192 valence electrons. The third-order valence-electron chi connectivity index (χ3n) is 7.19. The van der Waals surface area contributed by atoms with Crippen LogP contribution in [0.5, 0.6) is 0 Å². The number of nitrogens with one attached hydrogen (secondary N) is 1. The molecule has 2 aromatic carbocycles. The van der Waals surface area contributed by atoms with Gasteiger partial charge in [0.05, 0.1) is 11.3 Å². The molecule has 0 aliphatic carbocycles. The van der Waals surface area contributed by atoms with Crippen molar-refractivity contribution in [2.45, 2.75) is 45.3 Å². The Balaban J connectivity index is 1.16. The first-order chi connectivity index (χ1) is 17.7. The number of nitrogens with zero attached hydrogens (tertiary/aromatic N) is 3. The predicted molar refractivity (Wildman–Crippen MR) is 138 cm³/mol. The van der Waals surface area contributed by atoms with Gasteiger partial charge >= 0.3 is 6.18 Å².